The standard InChI is InChI=1S/C17H24N4O/c1-13-8-15(20-10-14(13)9-18)16(22)11-21-6-3-17(4-7-21)2-5-19-12-17/h8,10,16,19,22H,2-7,11-12H2,1H3/t16-/m0/s1. The lowest BCUT2D eigenvalue weighted by atomic mass is 9.78. The van der Waals surface area contributed by atoms with E-state index in [-0.39, 0.29) is 0 Å². The third-order valence-electron chi connectivity index (χ3n) is 5.27. The van der Waals surface area contributed by atoms with E-state index in [0.717, 1.165) is 31.7 Å². The maximum absolute atomic E-state index is 10.4. The molecule has 1 aromatic heterocycles. The minimum absolute atomic E-state index is 0.505. The lowest BCUT2D eigenvalue weighted by Gasteiger charge is -2.39. The van der Waals surface area contributed by atoms with E-state index in [0.29, 0.717) is 23.2 Å². The number of nitrogens with zero attached hydrogens (tertiary/aromatic N) is 3. The van der Waals surface area contributed by atoms with Crippen LogP contribution < -0.4 is 5.32 Å². The predicted molar refractivity (Wildman–Crippen MR) is 84.2 cm³/mol. The van der Waals surface area contributed by atoms with Gasteiger partial charge in [0.05, 0.1) is 11.3 Å². The van der Waals surface area contributed by atoms with Crippen LogP contribution in [0.15, 0.2) is 12.3 Å². The summed E-state index contributed by atoms with van der Waals surface area (Å²) in [5.41, 5.74) is 2.62. The van der Waals surface area contributed by atoms with Crippen LogP contribution >= 0.6 is 0 Å². The van der Waals surface area contributed by atoms with Gasteiger partial charge in [0.25, 0.3) is 0 Å². The number of aliphatic hydroxyl groups is 1. The molecule has 2 N–H and O–H groups in total. The van der Waals surface area contributed by atoms with E-state index in [1.807, 2.05) is 13.0 Å². The molecule has 1 aromatic rings. The highest BCUT2D eigenvalue weighted by Crippen LogP contribution is 2.37. The van der Waals surface area contributed by atoms with Gasteiger partial charge in [-0.15, -0.1) is 0 Å². The highest BCUT2D eigenvalue weighted by molar-refractivity contribution is 5.35. The van der Waals surface area contributed by atoms with Crippen molar-refractivity contribution in [3.63, 3.8) is 0 Å². The summed E-state index contributed by atoms with van der Waals surface area (Å²) in [4.78, 5) is 6.57. The third kappa shape index (κ3) is 3.14. The monoisotopic (exact) mass is 300 g/mol. The van der Waals surface area contributed by atoms with Gasteiger partial charge >= 0.3 is 0 Å². The van der Waals surface area contributed by atoms with Gasteiger partial charge in [0.2, 0.25) is 0 Å². The summed E-state index contributed by atoms with van der Waals surface area (Å²) in [6.45, 7) is 6.91. The summed E-state index contributed by atoms with van der Waals surface area (Å²) in [5, 5.41) is 22.8. The second kappa shape index (κ2) is 6.33. The molecule has 2 aliphatic heterocycles. The number of hydrogen-bond donors (Lipinski definition) is 2. The number of piperidine rings is 1. The fraction of sp³-hybridized carbons (Fsp3) is 0.647. The zero-order valence-electron chi connectivity index (χ0n) is 13.2. The Kier molecular flexibility index (Phi) is 4.44. The number of aliphatic hydroxyl groups excluding tert-OH is 1. The molecule has 3 rings (SSSR count). The molecule has 118 valence electrons. The number of β-amino-alcohol motifs (C(OH)–C–C–N with tert-alkyl or cyclic N) is 1. The van der Waals surface area contributed by atoms with Crippen molar-refractivity contribution in [1.82, 2.24) is 15.2 Å². The summed E-state index contributed by atoms with van der Waals surface area (Å²) >= 11 is 0. The van der Waals surface area contributed by atoms with Gasteiger partial charge < -0.3 is 15.3 Å². The molecule has 1 spiro atoms. The largest absolute Gasteiger partial charge is 0.385 e. The van der Waals surface area contributed by atoms with Crippen LogP contribution in [0.4, 0.5) is 0 Å². The topological polar surface area (TPSA) is 72.2 Å². The van der Waals surface area contributed by atoms with Gasteiger partial charge in [-0.25, -0.2) is 0 Å². The van der Waals surface area contributed by atoms with E-state index in [4.69, 9.17) is 5.26 Å². The number of rotatable bonds is 3. The van der Waals surface area contributed by atoms with Crippen molar-refractivity contribution in [3.8, 4) is 6.07 Å². The molecule has 2 saturated heterocycles. The Morgan fingerprint density at radius 3 is 2.82 bits per heavy atom. The lowest BCUT2D eigenvalue weighted by Crippen LogP contribution is -2.42. The molecule has 0 bridgehead atoms. The fourth-order valence-electron chi connectivity index (χ4n) is 3.65. The zero-order chi connectivity index (χ0) is 15.6. The first-order chi connectivity index (χ1) is 10.6. The fourth-order valence-corrected chi connectivity index (χ4v) is 3.65. The Labute approximate surface area is 132 Å². The van der Waals surface area contributed by atoms with Crippen molar-refractivity contribution in [2.75, 3.05) is 32.7 Å². The molecule has 5 heteroatoms. The van der Waals surface area contributed by atoms with E-state index in [1.54, 1.807) is 6.20 Å². The average molecular weight is 300 g/mol. The third-order valence-corrected chi connectivity index (χ3v) is 5.27. The van der Waals surface area contributed by atoms with Crippen LogP contribution in [-0.4, -0.2) is 47.7 Å². The normalized spacial score (nSPS) is 22.6. The first-order valence-electron chi connectivity index (χ1n) is 8.10. The van der Waals surface area contributed by atoms with E-state index in [9.17, 15) is 5.11 Å². The van der Waals surface area contributed by atoms with E-state index < -0.39 is 6.10 Å². The molecule has 0 aliphatic carbocycles. The number of nitrogens with one attached hydrogen (secondary N) is 1. The van der Waals surface area contributed by atoms with Gasteiger partial charge in [0.15, 0.2) is 0 Å². The molecule has 1 atom stereocenters. The van der Waals surface area contributed by atoms with Crippen molar-refractivity contribution in [1.29, 1.82) is 5.26 Å². The number of nitriles is 1. The maximum atomic E-state index is 10.4. The Morgan fingerprint density at radius 1 is 1.45 bits per heavy atom. The molecule has 0 unspecified atom stereocenters. The molecule has 0 radical (unpaired) electrons. The molecule has 0 aromatic carbocycles. The zero-order valence-corrected chi connectivity index (χ0v) is 13.2. The Hall–Kier alpha value is -1.48. The summed E-state index contributed by atoms with van der Waals surface area (Å²) in [6.07, 6.45) is 4.70. The maximum Gasteiger partial charge on any atom is 0.109 e. The Morgan fingerprint density at radius 2 is 2.23 bits per heavy atom. The van der Waals surface area contributed by atoms with Crippen LogP contribution in [0.5, 0.6) is 0 Å². The average Bonchev–Trinajstić information content (AvgIpc) is 2.98. The lowest BCUT2D eigenvalue weighted by molar-refractivity contribution is 0.0628. The van der Waals surface area contributed by atoms with Crippen LogP contribution in [0, 0.1) is 23.7 Å². The van der Waals surface area contributed by atoms with Gasteiger partial charge in [0.1, 0.15) is 12.2 Å². The second-order valence-corrected chi connectivity index (χ2v) is 6.78. The van der Waals surface area contributed by atoms with Crippen LogP contribution in [0.1, 0.15) is 42.2 Å². The molecule has 2 fully saturated rings. The van der Waals surface area contributed by atoms with Crippen LogP contribution in [0.2, 0.25) is 0 Å². The number of likely N-dealkylation sites (tertiary alicyclic amines) is 1. The molecular weight excluding hydrogens is 276 g/mol. The Bertz CT molecular complexity index is 565. The second-order valence-electron chi connectivity index (χ2n) is 6.78. The van der Waals surface area contributed by atoms with Crippen molar-refractivity contribution >= 4 is 0 Å². The molecule has 0 amide bonds. The summed E-state index contributed by atoms with van der Waals surface area (Å²) < 4.78 is 0. The number of pyridine rings is 1. The van der Waals surface area contributed by atoms with Crippen LogP contribution in [0.3, 0.4) is 0 Å². The highest BCUT2D eigenvalue weighted by atomic mass is 16.3. The first kappa shape index (κ1) is 15.4. The highest BCUT2D eigenvalue weighted by Gasteiger charge is 2.37. The van der Waals surface area contributed by atoms with Crippen molar-refractivity contribution in [2.45, 2.75) is 32.3 Å². The number of aryl methyl sites for hydroxylation is 1. The van der Waals surface area contributed by atoms with E-state index >= 15 is 0 Å². The van der Waals surface area contributed by atoms with Gasteiger partial charge in [-0.3, -0.25) is 4.98 Å². The number of hydrogen-bond acceptors (Lipinski definition) is 5. The van der Waals surface area contributed by atoms with Gasteiger partial charge in [-0.05, 0) is 62.9 Å². The predicted octanol–water partition coefficient (Wildman–Crippen LogP) is 1.37. The van der Waals surface area contributed by atoms with Crippen molar-refractivity contribution < 1.29 is 5.11 Å². The van der Waals surface area contributed by atoms with Crippen molar-refractivity contribution in [3.05, 3.63) is 29.1 Å². The molecule has 0 saturated carbocycles. The molecular formula is C17H24N4O. The molecule has 5 nitrogen and oxygen atoms in total. The van der Waals surface area contributed by atoms with Gasteiger partial charge in [-0.1, -0.05) is 0 Å². The minimum Gasteiger partial charge on any atom is -0.385 e. The van der Waals surface area contributed by atoms with Gasteiger partial charge in [-0.2, -0.15) is 5.26 Å². The van der Waals surface area contributed by atoms with Crippen LogP contribution in [-0.2, 0) is 0 Å². The van der Waals surface area contributed by atoms with E-state index in [1.165, 1.54) is 19.3 Å². The number of aromatic nitrogens is 1. The summed E-state index contributed by atoms with van der Waals surface area (Å²) in [6, 6.07) is 3.94. The Balaban J connectivity index is 1.57. The molecule has 3 heterocycles. The van der Waals surface area contributed by atoms with Crippen LogP contribution in [0.25, 0.3) is 0 Å². The van der Waals surface area contributed by atoms with E-state index in [2.05, 4.69) is 21.3 Å². The molecule has 22 heavy (non-hydrogen) atoms. The van der Waals surface area contributed by atoms with Crippen molar-refractivity contribution in [2.24, 2.45) is 5.41 Å². The minimum atomic E-state index is -0.581. The quantitative estimate of drug-likeness (QED) is 0.882. The summed E-state index contributed by atoms with van der Waals surface area (Å²) in [7, 11) is 0. The van der Waals surface area contributed by atoms with Gasteiger partial charge in [0, 0.05) is 19.3 Å². The SMILES string of the molecule is Cc1cc([C@@H](O)CN2CCC3(CCNC3)CC2)ncc1C#N. The first-order valence-corrected chi connectivity index (χ1v) is 8.10. The molecule has 2 aliphatic rings. The smallest absolute Gasteiger partial charge is 0.109 e. The summed E-state index contributed by atoms with van der Waals surface area (Å²) in [5.74, 6) is 0.